The van der Waals surface area contributed by atoms with E-state index in [-0.39, 0.29) is 40.2 Å². The van der Waals surface area contributed by atoms with Gasteiger partial charge < -0.3 is 19.5 Å². The van der Waals surface area contributed by atoms with E-state index < -0.39 is 23.6 Å². The molecule has 324 valence electrons. The standard InChI is InChI=1S/C52H57F3N4O3/c1-6-7-25-59(26-14-15-27-60)43-23-24-44(48(29-43)62-36-38-17-10-8-11-18-38)37(2)28-40-31-50(3,4)30-39(49(40)61-5)19-16-22-47-46(35-58)45(41(33-56)34-57)32-51(47,52(53,54)55)42-20-12-9-13-21-42/h8-13,16-24,29,37,60H,6-7,14-15,25-28,30-32,36H2,1-5H3/b22-16+,39-19+. The average molecular weight is 843 g/mol. The molecular formula is C52H57F3N4O3. The Morgan fingerprint density at radius 1 is 0.919 bits per heavy atom. The monoisotopic (exact) mass is 842 g/mol. The van der Waals surface area contributed by atoms with Crippen molar-refractivity contribution in [2.24, 2.45) is 5.41 Å². The lowest BCUT2D eigenvalue weighted by atomic mass is 9.72. The Hall–Kier alpha value is -6.02. The van der Waals surface area contributed by atoms with E-state index in [1.807, 2.05) is 36.4 Å². The Bertz CT molecular complexity index is 2310. The zero-order chi connectivity index (χ0) is 44.9. The molecule has 62 heavy (non-hydrogen) atoms. The molecule has 0 spiro atoms. The predicted octanol–water partition coefficient (Wildman–Crippen LogP) is 12.4. The van der Waals surface area contributed by atoms with Gasteiger partial charge in [-0.3, -0.25) is 0 Å². The summed E-state index contributed by atoms with van der Waals surface area (Å²) in [6, 6.07) is 29.2. The lowest BCUT2D eigenvalue weighted by Crippen LogP contribution is -2.42. The molecule has 0 bridgehead atoms. The van der Waals surface area contributed by atoms with Gasteiger partial charge in [0.1, 0.15) is 41.2 Å². The third kappa shape index (κ3) is 10.7. The zero-order valence-corrected chi connectivity index (χ0v) is 36.5. The largest absolute Gasteiger partial charge is 0.497 e. The average Bonchev–Trinajstić information content (AvgIpc) is 3.60. The number of nitrogens with zero attached hydrogens (tertiary/aromatic N) is 4. The van der Waals surface area contributed by atoms with Crippen molar-refractivity contribution < 1.29 is 27.8 Å². The fraction of sp³-hybridized carbons (Fsp3) is 0.404. The highest BCUT2D eigenvalue weighted by atomic mass is 19.4. The van der Waals surface area contributed by atoms with Crippen LogP contribution in [0.15, 0.2) is 136 Å². The number of benzene rings is 3. The van der Waals surface area contributed by atoms with Gasteiger partial charge in [0.25, 0.3) is 0 Å². The van der Waals surface area contributed by atoms with E-state index in [0.717, 1.165) is 78.9 Å². The summed E-state index contributed by atoms with van der Waals surface area (Å²) in [6.45, 7) is 10.9. The molecular weight excluding hydrogens is 786 g/mol. The molecule has 5 rings (SSSR count). The maximum atomic E-state index is 15.5. The number of aliphatic hydroxyl groups excluding tert-OH is 1. The molecule has 0 saturated heterocycles. The Morgan fingerprint density at radius 3 is 2.21 bits per heavy atom. The quantitative estimate of drug-likeness (QED) is 0.100. The van der Waals surface area contributed by atoms with Gasteiger partial charge in [-0.25, -0.2) is 0 Å². The van der Waals surface area contributed by atoms with Crippen molar-refractivity contribution in [2.75, 3.05) is 31.7 Å². The third-order valence-electron chi connectivity index (χ3n) is 11.9. The topological polar surface area (TPSA) is 113 Å². The van der Waals surface area contributed by atoms with Gasteiger partial charge in [-0.15, -0.1) is 0 Å². The molecule has 7 nitrogen and oxygen atoms in total. The molecule has 10 heteroatoms. The smallest absolute Gasteiger partial charge is 0.402 e. The van der Waals surface area contributed by atoms with Crippen molar-refractivity contribution in [1.29, 1.82) is 15.8 Å². The van der Waals surface area contributed by atoms with Gasteiger partial charge >= 0.3 is 6.18 Å². The molecule has 0 saturated carbocycles. The number of hydrogen-bond acceptors (Lipinski definition) is 7. The van der Waals surface area contributed by atoms with Gasteiger partial charge in [-0.2, -0.15) is 29.0 Å². The van der Waals surface area contributed by atoms with Gasteiger partial charge in [-0.1, -0.05) is 119 Å². The number of aliphatic hydroxyl groups is 1. The third-order valence-corrected chi connectivity index (χ3v) is 11.9. The van der Waals surface area contributed by atoms with Crippen LogP contribution in [0.25, 0.3) is 0 Å². The number of nitriles is 3. The maximum Gasteiger partial charge on any atom is 0.402 e. The van der Waals surface area contributed by atoms with Crippen molar-refractivity contribution in [2.45, 2.75) is 103 Å². The molecule has 0 amide bonds. The Kier molecular flexibility index (Phi) is 16.1. The van der Waals surface area contributed by atoms with Gasteiger partial charge in [0.05, 0.1) is 18.8 Å². The van der Waals surface area contributed by atoms with Crippen LogP contribution in [0, 0.1) is 39.4 Å². The van der Waals surface area contributed by atoms with Crippen LogP contribution < -0.4 is 9.64 Å². The van der Waals surface area contributed by atoms with Crippen molar-refractivity contribution in [3.63, 3.8) is 0 Å². The summed E-state index contributed by atoms with van der Waals surface area (Å²) < 4.78 is 59.3. The maximum absolute atomic E-state index is 15.5. The van der Waals surface area contributed by atoms with Crippen molar-refractivity contribution >= 4 is 5.69 Å². The van der Waals surface area contributed by atoms with E-state index in [1.165, 1.54) is 36.4 Å². The SMILES string of the molecule is CCCCN(CCCCO)c1ccc(C(C)CC2=C(OC)/C(=C/C=C/C3=C(C#N)C(=C(C#N)C#N)CC3(c3ccccc3)C(F)(F)F)CC(C)(C)C2)c(OCc2ccccc2)c1. The highest BCUT2D eigenvalue weighted by molar-refractivity contribution is 5.68. The number of hydrogen-bond donors (Lipinski definition) is 1. The van der Waals surface area contributed by atoms with Crippen LogP contribution >= 0.6 is 0 Å². The highest BCUT2D eigenvalue weighted by Gasteiger charge is 2.62. The summed E-state index contributed by atoms with van der Waals surface area (Å²) >= 11 is 0. The molecule has 0 heterocycles. The second-order valence-electron chi connectivity index (χ2n) is 17.0. The molecule has 1 N–H and O–H groups in total. The van der Waals surface area contributed by atoms with E-state index in [9.17, 15) is 20.9 Å². The van der Waals surface area contributed by atoms with E-state index in [4.69, 9.17) is 9.47 Å². The normalized spacial score (nSPS) is 18.7. The van der Waals surface area contributed by atoms with Crippen molar-refractivity contribution in [1.82, 2.24) is 0 Å². The molecule has 2 aliphatic carbocycles. The van der Waals surface area contributed by atoms with E-state index in [1.54, 1.807) is 31.4 Å². The van der Waals surface area contributed by atoms with Crippen LogP contribution in [0.5, 0.6) is 5.75 Å². The first-order chi connectivity index (χ1) is 29.8. The molecule has 0 radical (unpaired) electrons. The molecule has 0 fully saturated rings. The highest BCUT2D eigenvalue weighted by Crippen LogP contribution is 2.58. The van der Waals surface area contributed by atoms with Crippen molar-refractivity contribution in [3.05, 3.63) is 153 Å². The van der Waals surface area contributed by atoms with Crippen LogP contribution in [0.3, 0.4) is 0 Å². The molecule has 0 aromatic heterocycles. The molecule has 2 aliphatic rings. The van der Waals surface area contributed by atoms with Gasteiger partial charge in [0, 0.05) is 37.0 Å². The molecule has 2 unspecified atom stereocenters. The van der Waals surface area contributed by atoms with E-state index >= 15 is 13.2 Å². The predicted molar refractivity (Wildman–Crippen MR) is 238 cm³/mol. The second-order valence-corrected chi connectivity index (χ2v) is 17.0. The first kappa shape index (κ1) is 47.0. The minimum absolute atomic E-state index is 0.000996. The number of unbranched alkanes of at least 4 members (excludes halogenated alkanes) is 2. The van der Waals surface area contributed by atoms with Gasteiger partial charge in [0.15, 0.2) is 0 Å². The number of methoxy groups -OCH3 is 1. The molecule has 2 atom stereocenters. The lowest BCUT2D eigenvalue weighted by molar-refractivity contribution is -0.176. The first-order valence-electron chi connectivity index (χ1n) is 21.4. The van der Waals surface area contributed by atoms with Crippen LogP contribution in [-0.4, -0.2) is 38.1 Å². The Balaban J connectivity index is 1.56. The summed E-state index contributed by atoms with van der Waals surface area (Å²) in [4.78, 5) is 2.37. The summed E-state index contributed by atoms with van der Waals surface area (Å²) in [6.07, 6.45) is 4.69. The summed E-state index contributed by atoms with van der Waals surface area (Å²) in [5, 5.41) is 39.2. The summed E-state index contributed by atoms with van der Waals surface area (Å²) in [7, 11) is 1.61. The first-order valence-corrected chi connectivity index (χ1v) is 21.4. The number of halogens is 3. The summed E-state index contributed by atoms with van der Waals surface area (Å²) in [5.74, 6) is 1.48. The van der Waals surface area contributed by atoms with Crippen LogP contribution in [0.2, 0.25) is 0 Å². The Morgan fingerprint density at radius 2 is 1.60 bits per heavy atom. The number of allylic oxidation sites excluding steroid dienone is 9. The van der Waals surface area contributed by atoms with Crippen molar-refractivity contribution in [3.8, 4) is 24.0 Å². The fourth-order valence-corrected chi connectivity index (χ4v) is 8.93. The molecule has 3 aromatic carbocycles. The van der Waals surface area contributed by atoms with Gasteiger partial charge in [-0.05, 0) is 95.8 Å². The lowest BCUT2D eigenvalue weighted by Gasteiger charge is -2.35. The van der Waals surface area contributed by atoms with Gasteiger partial charge in [0.2, 0.25) is 0 Å². The Labute approximate surface area is 365 Å². The van der Waals surface area contributed by atoms with E-state index in [2.05, 4.69) is 50.8 Å². The van der Waals surface area contributed by atoms with E-state index in [0.29, 0.717) is 25.2 Å². The molecule has 3 aromatic rings. The number of alkyl halides is 3. The van der Waals surface area contributed by atoms with Crippen LogP contribution in [0.1, 0.15) is 102 Å². The number of rotatable bonds is 18. The minimum Gasteiger partial charge on any atom is -0.497 e. The fourth-order valence-electron chi connectivity index (χ4n) is 8.93. The minimum atomic E-state index is -4.87. The van der Waals surface area contributed by atoms with Crippen LogP contribution in [0.4, 0.5) is 18.9 Å². The summed E-state index contributed by atoms with van der Waals surface area (Å²) in [5.41, 5.74) is 0.747. The van der Waals surface area contributed by atoms with Crippen LogP contribution in [-0.2, 0) is 16.8 Å². The molecule has 0 aliphatic heterocycles. The zero-order valence-electron chi connectivity index (χ0n) is 36.5. The number of ether oxygens (including phenoxy) is 2. The number of anilines is 1. The second kappa shape index (κ2) is 21.2.